The van der Waals surface area contributed by atoms with Crippen molar-refractivity contribution in [1.29, 1.82) is 0 Å². The summed E-state index contributed by atoms with van der Waals surface area (Å²) in [5, 5.41) is 5.11. The zero-order valence-electron chi connectivity index (χ0n) is 12.3. The SMILES string of the molecule is Cl.NC(CNC(=O)C1CCCc2sccc21)c1ccccc1. The van der Waals surface area contributed by atoms with Crippen molar-refractivity contribution in [3.05, 3.63) is 57.8 Å². The quantitative estimate of drug-likeness (QED) is 0.899. The van der Waals surface area contributed by atoms with Gasteiger partial charge in [-0.05, 0) is 41.8 Å². The molecule has 0 spiro atoms. The van der Waals surface area contributed by atoms with Gasteiger partial charge in [0.2, 0.25) is 5.91 Å². The number of rotatable bonds is 4. The molecule has 0 saturated heterocycles. The first-order chi connectivity index (χ1) is 10.3. The predicted octanol–water partition coefficient (Wildman–Crippen LogP) is 3.41. The van der Waals surface area contributed by atoms with Gasteiger partial charge in [0.1, 0.15) is 0 Å². The minimum atomic E-state index is -0.152. The van der Waals surface area contributed by atoms with Crippen molar-refractivity contribution in [3.8, 4) is 0 Å². The van der Waals surface area contributed by atoms with E-state index in [9.17, 15) is 4.79 Å². The molecule has 3 N–H and O–H groups in total. The van der Waals surface area contributed by atoms with Gasteiger partial charge in [0.15, 0.2) is 0 Å². The van der Waals surface area contributed by atoms with Gasteiger partial charge in [0.25, 0.3) is 0 Å². The normalized spacial score (nSPS) is 18.0. The van der Waals surface area contributed by atoms with Crippen LogP contribution in [0.4, 0.5) is 0 Å². The fraction of sp³-hybridized carbons (Fsp3) is 0.353. The van der Waals surface area contributed by atoms with Crippen LogP contribution in [0.5, 0.6) is 0 Å². The van der Waals surface area contributed by atoms with Crippen molar-refractivity contribution in [2.24, 2.45) is 5.73 Å². The molecule has 0 saturated carbocycles. The van der Waals surface area contributed by atoms with Gasteiger partial charge < -0.3 is 11.1 Å². The number of amides is 1. The Bertz CT molecular complexity index is 614. The molecule has 1 amide bonds. The first-order valence-electron chi connectivity index (χ1n) is 7.40. The Morgan fingerprint density at radius 1 is 1.32 bits per heavy atom. The Morgan fingerprint density at radius 2 is 2.09 bits per heavy atom. The minimum Gasteiger partial charge on any atom is -0.354 e. The number of fused-ring (bicyclic) bond motifs is 1. The summed E-state index contributed by atoms with van der Waals surface area (Å²) in [5.74, 6) is 0.115. The molecule has 0 aliphatic heterocycles. The largest absolute Gasteiger partial charge is 0.354 e. The molecule has 118 valence electrons. The summed E-state index contributed by atoms with van der Waals surface area (Å²) < 4.78 is 0. The molecule has 3 rings (SSSR count). The van der Waals surface area contributed by atoms with Crippen LogP contribution in [0.2, 0.25) is 0 Å². The summed E-state index contributed by atoms with van der Waals surface area (Å²) in [5.41, 5.74) is 8.41. The molecule has 1 aliphatic rings. The molecule has 22 heavy (non-hydrogen) atoms. The van der Waals surface area contributed by atoms with Crippen molar-refractivity contribution < 1.29 is 4.79 Å². The molecule has 0 fully saturated rings. The maximum atomic E-state index is 12.4. The van der Waals surface area contributed by atoms with Crippen LogP contribution in [0.1, 0.15) is 40.8 Å². The lowest BCUT2D eigenvalue weighted by atomic mass is 9.87. The maximum Gasteiger partial charge on any atom is 0.227 e. The number of halogens is 1. The van der Waals surface area contributed by atoms with Crippen LogP contribution >= 0.6 is 23.7 Å². The maximum absolute atomic E-state index is 12.4. The Morgan fingerprint density at radius 3 is 2.86 bits per heavy atom. The fourth-order valence-electron chi connectivity index (χ4n) is 2.91. The smallest absolute Gasteiger partial charge is 0.227 e. The molecule has 1 aromatic carbocycles. The highest BCUT2D eigenvalue weighted by atomic mass is 35.5. The van der Waals surface area contributed by atoms with E-state index in [2.05, 4.69) is 16.8 Å². The standard InChI is InChI=1S/C17H20N2OS.ClH/c18-15(12-5-2-1-3-6-12)11-19-17(20)14-7-4-8-16-13(14)9-10-21-16;/h1-3,5-6,9-10,14-15H,4,7-8,11,18H2,(H,19,20);1H. The molecule has 1 aliphatic carbocycles. The number of nitrogens with two attached hydrogens (primary N) is 1. The number of nitrogens with one attached hydrogen (secondary N) is 1. The monoisotopic (exact) mass is 336 g/mol. The number of aryl methyl sites for hydroxylation is 1. The van der Waals surface area contributed by atoms with Crippen LogP contribution in [0.15, 0.2) is 41.8 Å². The highest BCUT2D eigenvalue weighted by Crippen LogP contribution is 2.34. The molecule has 2 unspecified atom stereocenters. The number of thiophene rings is 1. The molecule has 5 heteroatoms. The molecule has 2 atom stereocenters. The van der Waals surface area contributed by atoms with Crippen molar-refractivity contribution >= 4 is 29.7 Å². The van der Waals surface area contributed by atoms with Crippen molar-refractivity contribution in [3.63, 3.8) is 0 Å². The first kappa shape index (κ1) is 17.0. The van der Waals surface area contributed by atoms with Gasteiger partial charge in [0.05, 0.1) is 5.92 Å². The van der Waals surface area contributed by atoms with Crippen molar-refractivity contribution in [2.45, 2.75) is 31.2 Å². The average Bonchev–Trinajstić information content (AvgIpc) is 3.01. The lowest BCUT2D eigenvalue weighted by Crippen LogP contribution is -2.36. The number of carbonyl (C=O) groups is 1. The van der Waals surface area contributed by atoms with Crippen LogP contribution in [-0.2, 0) is 11.2 Å². The van der Waals surface area contributed by atoms with Gasteiger partial charge in [-0.15, -0.1) is 23.7 Å². The average molecular weight is 337 g/mol. The second kappa shape index (κ2) is 7.77. The van der Waals surface area contributed by atoms with E-state index < -0.39 is 0 Å². The molecule has 0 bridgehead atoms. The van der Waals surface area contributed by atoms with Crippen molar-refractivity contribution in [2.75, 3.05) is 6.54 Å². The van der Waals surface area contributed by atoms with Gasteiger partial charge in [-0.2, -0.15) is 0 Å². The second-order valence-electron chi connectivity index (χ2n) is 5.51. The zero-order valence-corrected chi connectivity index (χ0v) is 14.0. The number of hydrogen-bond acceptors (Lipinski definition) is 3. The van der Waals surface area contributed by atoms with Crippen LogP contribution in [0.3, 0.4) is 0 Å². The summed E-state index contributed by atoms with van der Waals surface area (Å²) in [7, 11) is 0. The number of carbonyl (C=O) groups excluding carboxylic acids is 1. The third-order valence-corrected chi connectivity index (χ3v) is 5.09. The van der Waals surface area contributed by atoms with Crippen LogP contribution in [0, 0.1) is 0 Å². The van der Waals surface area contributed by atoms with Gasteiger partial charge in [-0.25, -0.2) is 0 Å². The van der Waals surface area contributed by atoms with Crippen molar-refractivity contribution in [1.82, 2.24) is 5.32 Å². The minimum absolute atomic E-state index is 0. The molecular weight excluding hydrogens is 316 g/mol. The Labute approximate surface area is 141 Å². The third kappa shape index (κ3) is 3.69. The summed E-state index contributed by atoms with van der Waals surface area (Å²) in [4.78, 5) is 13.8. The van der Waals surface area contributed by atoms with Crippen LogP contribution in [0.25, 0.3) is 0 Å². The van der Waals surface area contributed by atoms with E-state index in [0.29, 0.717) is 6.54 Å². The summed E-state index contributed by atoms with van der Waals surface area (Å²) >= 11 is 1.76. The van der Waals surface area contributed by atoms with Gasteiger partial charge in [-0.1, -0.05) is 30.3 Å². The van der Waals surface area contributed by atoms with E-state index in [-0.39, 0.29) is 30.3 Å². The van der Waals surface area contributed by atoms with E-state index >= 15 is 0 Å². The Hall–Kier alpha value is -1.36. The van der Waals surface area contributed by atoms with E-state index in [1.807, 2.05) is 30.3 Å². The predicted molar refractivity (Wildman–Crippen MR) is 93.6 cm³/mol. The molecule has 2 aromatic rings. The topological polar surface area (TPSA) is 55.1 Å². The van der Waals surface area contributed by atoms with Gasteiger partial charge in [0, 0.05) is 17.5 Å². The Balaban J connectivity index is 0.00000176. The van der Waals surface area contributed by atoms with E-state index in [4.69, 9.17) is 5.73 Å². The highest BCUT2D eigenvalue weighted by molar-refractivity contribution is 7.10. The molecule has 0 radical (unpaired) electrons. The van der Waals surface area contributed by atoms with Gasteiger partial charge >= 0.3 is 0 Å². The lowest BCUT2D eigenvalue weighted by molar-refractivity contribution is -0.122. The first-order valence-corrected chi connectivity index (χ1v) is 8.28. The summed E-state index contributed by atoms with van der Waals surface area (Å²) in [6, 6.07) is 11.8. The summed E-state index contributed by atoms with van der Waals surface area (Å²) in [6.45, 7) is 0.485. The molecule has 1 aromatic heterocycles. The lowest BCUT2D eigenvalue weighted by Gasteiger charge is -2.23. The molecular formula is C17H21ClN2OS. The Kier molecular flexibility index (Phi) is 6.00. The van der Waals surface area contributed by atoms with E-state index in [1.165, 1.54) is 10.4 Å². The summed E-state index contributed by atoms with van der Waals surface area (Å²) in [6.07, 6.45) is 3.15. The molecule has 3 nitrogen and oxygen atoms in total. The van der Waals surface area contributed by atoms with E-state index in [1.54, 1.807) is 11.3 Å². The molecule has 1 heterocycles. The van der Waals surface area contributed by atoms with Crippen LogP contribution in [-0.4, -0.2) is 12.5 Å². The van der Waals surface area contributed by atoms with E-state index in [0.717, 1.165) is 24.8 Å². The second-order valence-corrected chi connectivity index (χ2v) is 6.51. The van der Waals surface area contributed by atoms with Gasteiger partial charge in [-0.3, -0.25) is 4.79 Å². The van der Waals surface area contributed by atoms with Crippen LogP contribution < -0.4 is 11.1 Å². The fourth-order valence-corrected chi connectivity index (χ4v) is 3.90. The highest BCUT2D eigenvalue weighted by Gasteiger charge is 2.27. The zero-order chi connectivity index (χ0) is 14.7. The number of hydrogen-bond donors (Lipinski definition) is 2. The number of benzene rings is 1. The third-order valence-electron chi connectivity index (χ3n) is 4.09.